The lowest BCUT2D eigenvalue weighted by molar-refractivity contribution is 0.447. The second-order valence-corrected chi connectivity index (χ2v) is 5.05. The van der Waals surface area contributed by atoms with E-state index < -0.39 is 0 Å². The molecule has 6 nitrogen and oxygen atoms in total. The summed E-state index contributed by atoms with van der Waals surface area (Å²) in [6, 6.07) is 0.444. The Morgan fingerprint density at radius 1 is 1.53 bits per heavy atom. The largest absolute Gasteiger partial charge is 0.492 e. The first kappa shape index (κ1) is 10.8. The van der Waals surface area contributed by atoms with Crippen molar-refractivity contribution >= 4 is 22.6 Å². The Morgan fingerprint density at radius 3 is 2.94 bits per heavy atom. The highest BCUT2D eigenvalue weighted by Gasteiger charge is 2.26. The average Bonchev–Trinajstić information content (AvgIpc) is 3.03. The number of aromatic nitrogens is 4. The zero-order valence-corrected chi connectivity index (χ0v) is 10.9. The maximum Gasteiger partial charge on any atom is 0.268 e. The Hall–Kier alpha value is -1.38. The molecule has 0 bridgehead atoms. The van der Waals surface area contributed by atoms with Crippen LogP contribution in [0.15, 0.2) is 17.3 Å². The van der Waals surface area contributed by atoms with Crippen LogP contribution in [0, 0.1) is 3.57 Å². The Bertz CT molecular complexity index is 629. The van der Waals surface area contributed by atoms with Crippen LogP contribution in [0.3, 0.4) is 0 Å². The van der Waals surface area contributed by atoms with E-state index in [-0.39, 0.29) is 15.0 Å². The number of hydrogen-bond donors (Lipinski definition) is 2. The molecule has 0 amide bonds. The van der Waals surface area contributed by atoms with Crippen molar-refractivity contribution in [1.29, 1.82) is 0 Å². The van der Waals surface area contributed by atoms with E-state index in [0.717, 1.165) is 18.5 Å². The Balaban J connectivity index is 2.15. The highest BCUT2D eigenvalue weighted by molar-refractivity contribution is 14.1. The van der Waals surface area contributed by atoms with Crippen molar-refractivity contribution in [2.24, 2.45) is 0 Å². The first-order valence-corrected chi connectivity index (χ1v) is 6.25. The summed E-state index contributed by atoms with van der Waals surface area (Å²) in [5.74, 6) is 0.116. The first-order valence-electron chi connectivity index (χ1n) is 5.18. The van der Waals surface area contributed by atoms with Crippen LogP contribution in [-0.4, -0.2) is 24.6 Å². The maximum atomic E-state index is 11.6. The van der Waals surface area contributed by atoms with Gasteiger partial charge in [0.05, 0.1) is 12.5 Å². The molecule has 17 heavy (non-hydrogen) atoms. The summed E-state index contributed by atoms with van der Waals surface area (Å²) >= 11 is 1.76. The topological polar surface area (TPSA) is 83.8 Å². The lowest BCUT2D eigenvalue weighted by Gasteiger charge is -2.06. The Labute approximate surface area is 110 Å². The highest BCUT2D eigenvalue weighted by atomic mass is 127. The van der Waals surface area contributed by atoms with Gasteiger partial charge in [-0.1, -0.05) is 0 Å². The van der Waals surface area contributed by atoms with Crippen molar-refractivity contribution in [1.82, 2.24) is 19.5 Å². The average molecular weight is 344 g/mol. The molecule has 2 heterocycles. The molecule has 1 aliphatic rings. The highest BCUT2D eigenvalue weighted by Crippen LogP contribution is 2.37. The molecule has 0 atom stereocenters. The molecule has 2 aromatic rings. The zero-order chi connectivity index (χ0) is 12.0. The van der Waals surface area contributed by atoms with Crippen molar-refractivity contribution in [2.45, 2.75) is 18.9 Å². The molecule has 2 N–H and O–H groups in total. The predicted molar refractivity (Wildman–Crippen MR) is 68.7 cm³/mol. The summed E-state index contributed by atoms with van der Waals surface area (Å²) < 4.78 is 2.17. The summed E-state index contributed by atoms with van der Waals surface area (Å²) in [6.07, 6.45) is 5.60. The monoisotopic (exact) mass is 344 g/mol. The van der Waals surface area contributed by atoms with Crippen LogP contribution < -0.4 is 5.56 Å². The third kappa shape index (κ3) is 1.84. The van der Waals surface area contributed by atoms with E-state index in [4.69, 9.17) is 0 Å². The first-order chi connectivity index (χ1) is 8.16. The van der Waals surface area contributed by atoms with Crippen molar-refractivity contribution < 1.29 is 5.11 Å². The number of nitrogens with zero attached hydrogens (tertiary/aromatic N) is 3. The summed E-state index contributed by atoms with van der Waals surface area (Å²) in [7, 11) is 0. The van der Waals surface area contributed by atoms with Crippen LogP contribution in [0.4, 0.5) is 0 Å². The SMILES string of the molecule is O=c1[nH]c(-c2cncn2C2CC2)nc(O)c1I. The molecule has 3 rings (SSSR count). The van der Waals surface area contributed by atoms with Crippen LogP contribution in [0.1, 0.15) is 18.9 Å². The van der Waals surface area contributed by atoms with Gasteiger partial charge in [-0.3, -0.25) is 4.79 Å². The van der Waals surface area contributed by atoms with Crippen molar-refractivity contribution in [3.63, 3.8) is 0 Å². The predicted octanol–water partition coefficient (Wildman–Crippen LogP) is 1.28. The number of imidazole rings is 1. The molecular weight excluding hydrogens is 335 g/mol. The molecule has 0 spiro atoms. The molecule has 1 saturated carbocycles. The molecule has 88 valence electrons. The van der Waals surface area contributed by atoms with Gasteiger partial charge in [0.1, 0.15) is 9.26 Å². The minimum absolute atomic E-state index is 0.198. The minimum atomic E-state index is -0.336. The van der Waals surface area contributed by atoms with Gasteiger partial charge in [-0.05, 0) is 35.4 Å². The Morgan fingerprint density at radius 2 is 2.29 bits per heavy atom. The molecule has 0 aliphatic heterocycles. The summed E-state index contributed by atoms with van der Waals surface area (Å²) in [5.41, 5.74) is 0.396. The maximum absolute atomic E-state index is 11.6. The normalized spacial score (nSPS) is 15.1. The minimum Gasteiger partial charge on any atom is -0.492 e. The second-order valence-electron chi connectivity index (χ2n) is 3.97. The summed E-state index contributed by atoms with van der Waals surface area (Å²) in [5, 5.41) is 9.56. The molecule has 2 aromatic heterocycles. The summed E-state index contributed by atoms with van der Waals surface area (Å²) in [4.78, 5) is 22.2. The van der Waals surface area contributed by atoms with Gasteiger partial charge in [-0.2, -0.15) is 4.98 Å². The van der Waals surface area contributed by atoms with Crippen LogP contribution in [0.2, 0.25) is 0 Å². The van der Waals surface area contributed by atoms with Crippen LogP contribution in [-0.2, 0) is 0 Å². The van der Waals surface area contributed by atoms with E-state index >= 15 is 0 Å². The number of rotatable bonds is 2. The Kier molecular flexibility index (Phi) is 2.42. The molecule has 0 radical (unpaired) electrons. The second kappa shape index (κ2) is 3.83. The third-order valence-corrected chi connectivity index (χ3v) is 3.67. The molecule has 0 saturated heterocycles. The fourth-order valence-electron chi connectivity index (χ4n) is 1.70. The van der Waals surface area contributed by atoms with Gasteiger partial charge in [0.15, 0.2) is 5.82 Å². The van der Waals surface area contributed by atoms with Crippen LogP contribution in [0.5, 0.6) is 5.88 Å². The molecule has 0 aromatic carbocycles. The number of nitrogens with one attached hydrogen (secondary N) is 1. The third-order valence-electron chi connectivity index (χ3n) is 2.69. The molecule has 1 fully saturated rings. The van der Waals surface area contributed by atoms with Gasteiger partial charge in [-0.15, -0.1) is 0 Å². The van der Waals surface area contributed by atoms with Crippen molar-refractivity contribution in [3.8, 4) is 17.4 Å². The van der Waals surface area contributed by atoms with Crippen LogP contribution >= 0.6 is 22.6 Å². The number of aromatic amines is 1. The lowest BCUT2D eigenvalue weighted by atomic mass is 10.4. The quantitative estimate of drug-likeness (QED) is 0.804. The molecule has 1 aliphatic carbocycles. The van der Waals surface area contributed by atoms with Gasteiger partial charge in [0, 0.05) is 6.04 Å². The fraction of sp³-hybridized carbons (Fsp3) is 0.300. The smallest absolute Gasteiger partial charge is 0.268 e. The van der Waals surface area contributed by atoms with Crippen LogP contribution in [0.25, 0.3) is 11.5 Å². The van der Waals surface area contributed by atoms with E-state index in [0.29, 0.717) is 11.9 Å². The van der Waals surface area contributed by atoms with E-state index in [2.05, 4.69) is 15.0 Å². The molecule has 7 heteroatoms. The molecular formula is C10H9IN4O2. The fourth-order valence-corrected chi connectivity index (χ4v) is 1.96. The van der Waals surface area contributed by atoms with Crippen molar-refractivity contribution in [2.75, 3.05) is 0 Å². The number of H-pyrrole nitrogens is 1. The number of hydrogen-bond acceptors (Lipinski definition) is 4. The summed E-state index contributed by atoms with van der Waals surface area (Å²) in [6.45, 7) is 0. The number of halogens is 1. The van der Waals surface area contributed by atoms with E-state index in [9.17, 15) is 9.90 Å². The zero-order valence-electron chi connectivity index (χ0n) is 8.72. The van der Waals surface area contributed by atoms with Gasteiger partial charge in [0.2, 0.25) is 5.88 Å². The van der Waals surface area contributed by atoms with E-state index in [1.165, 1.54) is 0 Å². The van der Waals surface area contributed by atoms with Gasteiger partial charge in [-0.25, -0.2) is 4.98 Å². The van der Waals surface area contributed by atoms with Crippen molar-refractivity contribution in [3.05, 3.63) is 26.4 Å². The lowest BCUT2D eigenvalue weighted by Crippen LogP contribution is -2.13. The van der Waals surface area contributed by atoms with Gasteiger partial charge >= 0.3 is 0 Å². The van der Waals surface area contributed by atoms with Gasteiger partial charge in [0.25, 0.3) is 5.56 Å². The van der Waals surface area contributed by atoms with E-state index in [1.54, 1.807) is 35.1 Å². The number of aromatic hydroxyl groups is 1. The molecule has 0 unspecified atom stereocenters. The standard InChI is InChI=1S/C10H9IN4O2/c11-7-9(16)13-8(14-10(7)17)6-3-12-4-15(6)5-1-2-5/h3-5H,1-2H2,(H2,13,14,16,17). The van der Waals surface area contributed by atoms with Gasteiger partial charge < -0.3 is 14.7 Å². The van der Waals surface area contributed by atoms with E-state index in [1.807, 2.05) is 4.57 Å².